The standard InChI is InChI=1S/C9H10N4O2S/c1-4-3-5(6(10)16-4)9-12-7(13-15-9)8(14)11-2/h3H,10H2,1-2H3,(H,11,14). The van der Waals surface area contributed by atoms with E-state index in [9.17, 15) is 4.79 Å². The summed E-state index contributed by atoms with van der Waals surface area (Å²) in [6, 6.07) is 1.85. The van der Waals surface area contributed by atoms with Crippen LogP contribution in [0, 0.1) is 6.92 Å². The highest BCUT2D eigenvalue weighted by molar-refractivity contribution is 7.16. The SMILES string of the molecule is CNC(=O)c1noc(-c2cc(C)sc2N)n1. The van der Waals surface area contributed by atoms with E-state index in [1.165, 1.54) is 18.4 Å². The summed E-state index contributed by atoms with van der Waals surface area (Å²) < 4.78 is 4.97. The van der Waals surface area contributed by atoms with Crippen LogP contribution in [0.25, 0.3) is 11.5 Å². The minimum Gasteiger partial charge on any atom is -0.390 e. The molecule has 0 aliphatic carbocycles. The first-order valence-electron chi connectivity index (χ1n) is 4.54. The second-order valence-electron chi connectivity index (χ2n) is 3.14. The van der Waals surface area contributed by atoms with E-state index in [4.69, 9.17) is 10.3 Å². The van der Waals surface area contributed by atoms with Crippen LogP contribution in [0.4, 0.5) is 5.00 Å². The van der Waals surface area contributed by atoms with Crippen LogP contribution in [0.2, 0.25) is 0 Å². The average molecular weight is 238 g/mol. The predicted molar refractivity (Wildman–Crippen MR) is 60.2 cm³/mol. The van der Waals surface area contributed by atoms with Crippen molar-refractivity contribution in [3.05, 3.63) is 16.8 Å². The van der Waals surface area contributed by atoms with E-state index in [1.54, 1.807) is 0 Å². The van der Waals surface area contributed by atoms with Gasteiger partial charge in [0.15, 0.2) is 0 Å². The van der Waals surface area contributed by atoms with Crippen molar-refractivity contribution in [2.45, 2.75) is 6.92 Å². The van der Waals surface area contributed by atoms with Crippen LogP contribution in [-0.4, -0.2) is 23.1 Å². The van der Waals surface area contributed by atoms with E-state index in [0.29, 0.717) is 10.6 Å². The van der Waals surface area contributed by atoms with E-state index < -0.39 is 0 Å². The number of hydrogen-bond acceptors (Lipinski definition) is 6. The Morgan fingerprint density at radius 3 is 2.94 bits per heavy atom. The van der Waals surface area contributed by atoms with Crippen LogP contribution in [0.1, 0.15) is 15.5 Å². The molecule has 6 nitrogen and oxygen atoms in total. The number of amides is 1. The second-order valence-corrected chi connectivity index (χ2v) is 4.43. The Kier molecular flexibility index (Phi) is 2.61. The van der Waals surface area contributed by atoms with Crippen LogP contribution in [-0.2, 0) is 0 Å². The fraction of sp³-hybridized carbons (Fsp3) is 0.222. The first-order chi connectivity index (χ1) is 7.61. The van der Waals surface area contributed by atoms with E-state index in [1.807, 2.05) is 13.0 Å². The first-order valence-corrected chi connectivity index (χ1v) is 5.35. The predicted octanol–water partition coefficient (Wildman–Crippen LogP) is 1.05. The Morgan fingerprint density at radius 1 is 1.62 bits per heavy atom. The summed E-state index contributed by atoms with van der Waals surface area (Å²) in [5, 5.41) is 6.58. The normalized spacial score (nSPS) is 10.4. The lowest BCUT2D eigenvalue weighted by molar-refractivity contribution is 0.0950. The summed E-state index contributed by atoms with van der Waals surface area (Å²) in [6.45, 7) is 1.93. The van der Waals surface area contributed by atoms with Crippen LogP contribution >= 0.6 is 11.3 Å². The van der Waals surface area contributed by atoms with E-state index in [-0.39, 0.29) is 17.6 Å². The number of hydrogen-bond donors (Lipinski definition) is 2. The molecule has 0 radical (unpaired) electrons. The number of nitrogens with two attached hydrogens (primary N) is 1. The summed E-state index contributed by atoms with van der Waals surface area (Å²) in [5.74, 6) is -0.123. The van der Waals surface area contributed by atoms with Crippen molar-refractivity contribution < 1.29 is 9.32 Å². The molecule has 7 heteroatoms. The maximum atomic E-state index is 11.2. The molecule has 0 aliphatic rings. The van der Waals surface area contributed by atoms with Crippen molar-refractivity contribution in [2.24, 2.45) is 0 Å². The van der Waals surface area contributed by atoms with Gasteiger partial charge >= 0.3 is 0 Å². The quantitative estimate of drug-likeness (QED) is 0.815. The molecule has 0 atom stereocenters. The number of carbonyl (C=O) groups excluding carboxylic acids is 1. The zero-order valence-electron chi connectivity index (χ0n) is 8.77. The summed E-state index contributed by atoms with van der Waals surface area (Å²) in [4.78, 5) is 16.2. The van der Waals surface area contributed by atoms with Gasteiger partial charge in [-0.2, -0.15) is 4.98 Å². The number of anilines is 1. The van der Waals surface area contributed by atoms with Crippen molar-refractivity contribution >= 4 is 22.2 Å². The van der Waals surface area contributed by atoms with Gasteiger partial charge in [-0.1, -0.05) is 5.16 Å². The Morgan fingerprint density at radius 2 is 2.38 bits per heavy atom. The molecule has 2 aromatic heterocycles. The average Bonchev–Trinajstić information content (AvgIpc) is 2.83. The van der Waals surface area contributed by atoms with E-state index in [0.717, 1.165) is 4.88 Å². The molecule has 16 heavy (non-hydrogen) atoms. The Balaban J connectivity index is 2.38. The zero-order valence-corrected chi connectivity index (χ0v) is 9.59. The van der Waals surface area contributed by atoms with Crippen molar-refractivity contribution in [3.8, 4) is 11.5 Å². The van der Waals surface area contributed by atoms with Gasteiger partial charge < -0.3 is 15.6 Å². The monoisotopic (exact) mass is 238 g/mol. The number of rotatable bonds is 2. The fourth-order valence-corrected chi connectivity index (χ4v) is 2.02. The van der Waals surface area contributed by atoms with E-state index in [2.05, 4.69) is 15.5 Å². The molecule has 3 N–H and O–H groups in total. The van der Waals surface area contributed by atoms with Crippen molar-refractivity contribution in [1.29, 1.82) is 0 Å². The van der Waals surface area contributed by atoms with Crippen molar-refractivity contribution in [1.82, 2.24) is 15.5 Å². The van der Waals surface area contributed by atoms with Gasteiger partial charge in [-0.3, -0.25) is 4.79 Å². The molecular formula is C9H10N4O2S. The maximum Gasteiger partial charge on any atom is 0.292 e. The summed E-state index contributed by atoms with van der Waals surface area (Å²) in [5.41, 5.74) is 6.45. The molecule has 0 aliphatic heterocycles. The number of aryl methyl sites for hydroxylation is 1. The maximum absolute atomic E-state index is 11.2. The van der Waals surface area contributed by atoms with Gasteiger partial charge in [0.05, 0.1) is 10.6 Å². The van der Waals surface area contributed by atoms with Gasteiger partial charge in [-0.25, -0.2) is 0 Å². The topological polar surface area (TPSA) is 94.0 Å². The molecule has 2 rings (SSSR count). The lowest BCUT2D eigenvalue weighted by atomic mass is 10.3. The van der Waals surface area contributed by atoms with Gasteiger partial charge in [0, 0.05) is 11.9 Å². The first kappa shape index (κ1) is 10.6. The molecule has 0 saturated carbocycles. The van der Waals surface area contributed by atoms with Crippen molar-refractivity contribution in [3.63, 3.8) is 0 Å². The molecule has 0 bridgehead atoms. The molecule has 0 aromatic carbocycles. The van der Waals surface area contributed by atoms with Gasteiger partial charge in [-0.05, 0) is 13.0 Å². The zero-order chi connectivity index (χ0) is 11.7. The lowest BCUT2D eigenvalue weighted by Crippen LogP contribution is -2.19. The van der Waals surface area contributed by atoms with Crippen LogP contribution < -0.4 is 11.1 Å². The third kappa shape index (κ3) is 1.76. The molecule has 84 valence electrons. The summed E-state index contributed by atoms with van der Waals surface area (Å²) >= 11 is 1.44. The summed E-state index contributed by atoms with van der Waals surface area (Å²) in [7, 11) is 1.50. The molecule has 0 spiro atoms. The van der Waals surface area contributed by atoms with Crippen LogP contribution in [0.3, 0.4) is 0 Å². The molecule has 1 amide bonds. The lowest BCUT2D eigenvalue weighted by Gasteiger charge is -1.89. The highest BCUT2D eigenvalue weighted by Crippen LogP contribution is 2.32. The van der Waals surface area contributed by atoms with Crippen LogP contribution in [0.15, 0.2) is 10.6 Å². The van der Waals surface area contributed by atoms with Crippen LogP contribution in [0.5, 0.6) is 0 Å². The second kappa shape index (κ2) is 3.93. The molecule has 0 fully saturated rings. The summed E-state index contributed by atoms with van der Waals surface area (Å²) in [6.07, 6.45) is 0. The molecular weight excluding hydrogens is 228 g/mol. The molecule has 2 heterocycles. The highest BCUT2D eigenvalue weighted by Gasteiger charge is 2.17. The Bertz CT molecular complexity index is 531. The molecule has 2 aromatic rings. The molecule has 0 saturated heterocycles. The van der Waals surface area contributed by atoms with Crippen molar-refractivity contribution in [2.75, 3.05) is 12.8 Å². The number of nitrogen functional groups attached to an aromatic ring is 1. The Hall–Kier alpha value is -1.89. The fourth-order valence-electron chi connectivity index (χ4n) is 1.24. The van der Waals surface area contributed by atoms with Gasteiger partial charge in [-0.15, -0.1) is 11.3 Å². The third-order valence-corrected chi connectivity index (χ3v) is 2.85. The number of thiophene rings is 1. The van der Waals surface area contributed by atoms with Gasteiger partial charge in [0.1, 0.15) is 0 Å². The highest BCUT2D eigenvalue weighted by atomic mass is 32.1. The number of aromatic nitrogens is 2. The number of carbonyl (C=O) groups is 1. The molecule has 0 unspecified atom stereocenters. The van der Waals surface area contributed by atoms with Gasteiger partial charge in [0.2, 0.25) is 0 Å². The minimum absolute atomic E-state index is 0.000697. The van der Waals surface area contributed by atoms with Gasteiger partial charge in [0.25, 0.3) is 17.6 Å². The number of nitrogens with one attached hydrogen (secondary N) is 1. The number of nitrogens with zero attached hydrogens (tertiary/aromatic N) is 2. The smallest absolute Gasteiger partial charge is 0.292 e. The minimum atomic E-state index is -0.388. The Labute approximate surface area is 95.5 Å². The van der Waals surface area contributed by atoms with E-state index >= 15 is 0 Å². The third-order valence-electron chi connectivity index (χ3n) is 1.97. The largest absolute Gasteiger partial charge is 0.390 e.